The topological polar surface area (TPSA) is 99.3 Å². The number of nitrogens with zero attached hydrogens (tertiary/aromatic N) is 3. The maximum Gasteiger partial charge on any atom is 0.311 e. The summed E-state index contributed by atoms with van der Waals surface area (Å²) < 4.78 is 7.54. The fraction of sp³-hybridized carbons (Fsp3) is 0.0968. The van der Waals surface area contributed by atoms with Crippen LogP contribution < -0.4 is 10.1 Å². The number of nitro groups is 1. The second kappa shape index (κ2) is 11.4. The molecule has 0 aliphatic carbocycles. The molecule has 1 amide bonds. The van der Waals surface area contributed by atoms with Gasteiger partial charge in [-0.2, -0.15) is 5.10 Å². The van der Waals surface area contributed by atoms with Crippen LogP contribution >= 0.6 is 0 Å². The van der Waals surface area contributed by atoms with Crippen LogP contribution in [0.2, 0.25) is 0 Å². The molecule has 1 heterocycles. The molecule has 0 bridgehead atoms. The number of rotatable bonds is 9. The normalized spacial score (nSPS) is 10.7. The Balaban J connectivity index is 1.31. The minimum absolute atomic E-state index is 0.0887. The summed E-state index contributed by atoms with van der Waals surface area (Å²) >= 11 is 0. The highest BCUT2D eigenvalue weighted by Crippen LogP contribution is 2.28. The van der Waals surface area contributed by atoms with E-state index in [2.05, 4.69) is 5.32 Å². The number of aromatic nitrogens is 2. The summed E-state index contributed by atoms with van der Waals surface area (Å²) in [6.45, 7) is 2.16. The van der Waals surface area contributed by atoms with Gasteiger partial charge in [0.05, 0.1) is 16.3 Å². The predicted molar refractivity (Wildman–Crippen MR) is 149 cm³/mol. The van der Waals surface area contributed by atoms with Crippen LogP contribution in [0.5, 0.6) is 5.75 Å². The first kappa shape index (κ1) is 25.4. The molecule has 0 aliphatic heterocycles. The van der Waals surface area contributed by atoms with Gasteiger partial charge < -0.3 is 10.1 Å². The number of benzene rings is 4. The predicted octanol–water partition coefficient (Wildman–Crippen LogP) is 6.26. The van der Waals surface area contributed by atoms with Gasteiger partial charge in [0.2, 0.25) is 0 Å². The van der Waals surface area contributed by atoms with E-state index in [-0.39, 0.29) is 30.5 Å². The Bertz CT molecular complexity index is 1610. The molecule has 0 aliphatic rings. The number of aryl methyl sites for hydroxylation is 1. The van der Waals surface area contributed by atoms with Crippen LogP contribution in [0.15, 0.2) is 109 Å². The first-order chi connectivity index (χ1) is 19.0. The summed E-state index contributed by atoms with van der Waals surface area (Å²) in [6, 6.07) is 31.5. The van der Waals surface area contributed by atoms with E-state index in [0.29, 0.717) is 5.56 Å². The van der Waals surface area contributed by atoms with Crippen molar-refractivity contribution in [3.63, 3.8) is 0 Å². The van der Waals surface area contributed by atoms with Gasteiger partial charge in [-0.1, -0.05) is 66.7 Å². The van der Waals surface area contributed by atoms with Crippen molar-refractivity contribution in [2.45, 2.75) is 20.1 Å². The van der Waals surface area contributed by atoms with Gasteiger partial charge in [0.1, 0.15) is 6.61 Å². The van der Waals surface area contributed by atoms with Crippen molar-refractivity contribution in [3.05, 3.63) is 142 Å². The average molecular weight is 519 g/mol. The van der Waals surface area contributed by atoms with Gasteiger partial charge >= 0.3 is 5.69 Å². The van der Waals surface area contributed by atoms with E-state index in [1.54, 1.807) is 37.3 Å². The zero-order chi connectivity index (χ0) is 27.2. The van der Waals surface area contributed by atoms with Gasteiger partial charge in [-0.3, -0.25) is 14.9 Å². The van der Waals surface area contributed by atoms with Gasteiger partial charge in [-0.05, 0) is 48.4 Å². The van der Waals surface area contributed by atoms with Crippen LogP contribution in [0.25, 0.3) is 16.9 Å². The molecule has 0 unspecified atom stereocenters. The number of hydrogen-bond donors (Lipinski definition) is 1. The van der Waals surface area contributed by atoms with Gasteiger partial charge in [0.25, 0.3) is 5.91 Å². The molecule has 0 saturated heterocycles. The molecule has 39 heavy (non-hydrogen) atoms. The first-order valence-corrected chi connectivity index (χ1v) is 12.4. The van der Waals surface area contributed by atoms with Crippen molar-refractivity contribution in [2.75, 3.05) is 0 Å². The molecule has 8 nitrogen and oxygen atoms in total. The van der Waals surface area contributed by atoms with Crippen LogP contribution in [-0.4, -0.2) is 20.6 Å². The van der Waals surface area contributed by atoms with E-state index < -0.39 is 4.92 Å². The summed E-state index contributed by atoms with van der Waals surface area (Å²) in [5, 5.41) is 19.2. The molecule has 0 spiro atoms. The molecule has 0 fully saturated rings. The van der Waals surface area contributed by atoms with E-state index in [1.165, 1.54) is 6.07 Å². The van der Waals surface area contributed by atoms with Crippen molar-refractivity contribution in [2.24, 2.45) is 0 Å². The Morgan fingerprint density at radius 2 is 1.69 bits per heavy atom. The lowest BCUT2D eigenvalue weighted by molar-refractivity contribution is -0.386. The number of nitrogens with one attached hydrogen (secondary N) is 1. The molecular weight excluding hydrogens is 492 g/mol. The Morgan fingerprint density at radius 1 is 0.949 bits per heavy atom. The molecule has 4 aromatic carbocycles. The van der Waals surface area contributed by atoms with Gasteiger partial charge in [-0.15, -0.1) is 0 Å². The summed E-state index contributed by atoms with van der Waals surface area (Å²) in [6.07, 6.45) is 1.93. The molecule has 0 radical (unpaired) electrons. The highest BCUT2D eigenvalue weighted by atomic mass is 16.6. The number of carbonyl (C=O) groups is 1. The van der Waals surface area contributed by atoms with Gasteiger partial charge in [-0.25, -0.2) is 4.68 Å². The number of hydrogen-bond acceptors (Lipinski definition) is 5. The average Bonchev–Trinajstić information content (AvgIpc) is 3.40. The zero-order valence-electron chi connectivity index (χ0n) is 21.3. The SMILES string of the molecule is Cc1ccc(OCc2cccc(C(=O)NCc3cn(-c4ccccc4)nc3-c3ccccc3)c2)c([N+](=O)[O-])c1. The van der Waals surface area contributed by atoms with Crippen LogP contribution in [0, 0.1) is 17.0 Å². The van der Waals surface area contributed by atoms with Crippen molar-refractivity contribution < 1.29 is 14.5 Å². The molecule has 1 N–H and O–H groups in total. The molecule has 1 aromatic heterocycles. The standard InChI is InChI=1S/C31H26N4O4/c1-22-15-16-29(28(17-22)35(37)38)39-21-23-9-8-12-25(18-23)31(36)32-19-26-20-34(27-13-6-3-7-14-27)33-30(26)24-10-4-2-5-11-24/h2-18,20H,19,21H2,1H3,(H,32,36). The van der Waals surface area contributed by atoms with E-state index in [1.807, 2.05) is 77.6 Å². The summed E-state index contributed by atoms with van der Waals surface area (Å²) in [5.74, 6) is -0.0611. The Labute approximate surface area is 225 Å². The highest BCUT2D eigenvalue weighted by Gasteiger charge is 2.16. The van der Waals surface area contributed by atoms with Crippen molar-refractivity contribution in [3.8, 4) is 22.7 Å². The monoisotopic (exact) mass is 518 g/mol. The number of carbonyl (C=O) groups excluding carboxylic acids is 1. The second-order valence-electron chi connectivity index (χ2n) is 9.05. The van der Waals surface area contributed by atoms with Gasteiger partial charge in [0.15, 0.2) is 5.75 Å². The summed E-state index contributed by atoms with van der Waals surface area (Å²) in [5.41, 5.74) is 5.43. The van der Waals surface area contributed by atoms with Crippen molar-refractivity contribution >= 4 is 11.6 Å². The summed E-state index contributed by atoms with van der Waals surface area (Å²) in [7, 11) is 0. The minimum atomic E-state index is -0.462. The largest absolute Gasteiger partial charge is 0.482 e. The van der Waals surface area contributed by atoms with Crippen LogP contribution in [0.3, 0.4) is 0 Å². The highest BCUT2D eigenvalue weighted by molar-refractivity contribution is 5.94. The third kappa shape index (κ3) is 6.02. The molecular formula is C31H26N4O4. The lowest BCUT2D eigenvalue weighted by Crippen LogP contribution is -2.23. The van der Waals surface area contributed by atoms with E-state index in [9.17, 15) is 14.9 Å². The lowest BCUT2D eigenvalue weighted by atomic mass is 10.1. The van der Waals surface area contributed by atoms with Crippen molar-refractivity contribution in [1.29, 1.82) is 0 Å². The van der Waals surface area contributed by atoms with Gasteiger partial charge in [0, 0.05) is 35.5 Å². The Kier molecular flexibility index (Phi) is 7.45. The van der Waals surface area contributed by atoms with E-state index >= 15 is 0 Å². The number of ether oxygens (including phenoxy) is 1. The van der Waals surface area contributed by atoms with Crippen LogP contribution in [0.1, 0.15) is 27.0 Å². The zero-order valence-corrected chi connectivity index (χ0v) is 21.3. The third-order valence-electron chi connectivity index (χ3n) is 6.19. The smallest absolute Gasteiger partial charge is 0.311 e. The molecule has 5 rings (SSSR count). The molecule has 0 saturated carbocycles. The van der Waals surface area contributed by atoms with Crippen LogP contribution in [0.4, 0.5) is 5.69 Å². The number of amides is 1. The fourth-order valence-electron chi connectivity index (χ4n) is 4.22. The second-order valence-corrected chi connectivity index (χ2v) is 9.05. The number of nitro benzene ring substituents is 1. The Morgan fingerprint density at radius 3 is 2.44 bits per heavy atom. The molecule has 5 aromatic rings. The molecule has 194 valence electrons. The van der Waals surface area contributed by atoms with Crippen LogP contribution in [-0.2, 0) is 13.2 Å². The maximum absolute atomic E-state index is 13.1. The Hall–Kier alpha value is -5.24. The first-order valence-electron chi connectivity index (χ1n) is 12.4. The third-order valence-corrected chi connectivity index (χ3v) is 6.19. The molecule has 8 heteroatoms. The molecule has 0 atom stereocenters. The summed E-state index contributed by atoms with van der Waals surface area (Å²) in [4.78, 5) is 24.0. The number of para-hydroxylation sites is 1. The van der Waals surface area contributed by atoms with E-state index in [0.717, 1.165) is 33.6 Å². The maximum atomic E-state index is 13.1. The lowest BCUT2D eigenvalue weighted by Gasteiger charge is -2.10. The van der Waals surface area contributed by atoms with E-state index in [4.69, 9.17) is 9.84 Å². The fourth-order valence-corrected chi connectivity index (χ4v) is 4.22. The van der Waals surface area contributed by atoms with Crippen molar-refractivity contribution in [1.82, 2.24) is 15.1 Å². The quantitative estimate of drug-likeness (QED) is 0.183. The minimum Gasteiger partial charge on any atom is -0.482 e.